The van der Waals surface area contributed by atoms with Crippen molar-refractivity contribution < 1.29 is 13.2 Å². The monoisotopic (exact) mass is 408 g/mol. The van der Waals surface area contributed by atoms with Crippen LogP contribution in [-0.2, 0) is 21.4 Å². The molecule has 2 aromatic rings. The van der Waals surface area contributed by atoms with Gasteiger partial charge in [0, 0.05) is 17.8 Å². The molecule has 2 heterocycles. The van der Waals surface area contributed by atoms with Crippen LogP contribution in [0.2, 0.25) is 0 Å². The van der Waals surface area contributed by atoms with Crippen LogP contribution in [0.1, 0.15) is 11.3 Å². The van der Waals surface area contributed by atoms with Crippen molar-refractivity contribution in [2.45, 2.75) is 17.2 Å². The molecule has 1 amide bonds. The van der Waals surface area contributed by atoms with Gasteiger partial charge in [-0.25, -0.2) is 13.1 Å². The minimum Gasteiger partial charge on any atom is -0.351 e. The SMILES string of the molecule is O=C(CCNS(=O)(=O)c1ccc(Br)s1)NCc1cccs1. The molecule has 114 valence electrons. The zero-order valence-corrected chi connectivity index (χ0v) is 14.9. The summed E-state index contributed by atoms with van der Waals surface area (Å²) in [6, 6.07) is 7.04. The highest BCUT2D eigenvalue weighted by molar-refractivity contribution is 9.11. The zero-order valence-electron chi connectivity index (χ0n) is 10.8. The van der Waals surface area contributed by atoms with Gasteiger partial charge in [0.15, 0.2) is 0 Å². The molecule has 0 saturated heterocycles. The van der Waals surface area contributed by atoms with Crippen molar-refractivity contribution in [2.75, 3.05) is 6.54 Å². The van der Waals surface area contributed by atoms with Gasteiger partial charge >= 0.3 is 0 Å². The van der Waals surface area contributed by atoms with Crippen LogP contribution < -0.4 is 10.0 Å². The van der Waals surface area contributed by atoms with Gasteiger partial charge < -0.3 is 5.32 Å². The molecule has 9 heteroatoms. The third-order valence-corrected chi connectivity index (χ3v) is 6.95. The van der Waals surface area contributed by atoms with E-state index >= 15 is 0 Å². The summed E-state index contributed by atoms with van der Waals surface area (Å²) in [5.41, 5.74) is 0. The van der Waals surface area contributed by atoms with E-state index in [-0.39, 0.29) is 23.1 Å². The summed E-state index contributed by atoms with van der Waals surface area (Å²) in [5, 5.41) is 4.69. The van der Waals surface area contributed by atoms with E-state index < -0.39 is 10.0 Å². The molecule has 0 spiro atoms. The van der Waals surface area contributed by atoms with E-state index in [1.807, 2.05) is 17.5 Å². The highest BCUT2D eigenvalue weighted by Crippen LogP contribution is 2.25. The van der Waals surface area contributed by atoms with Crippen LogP contribution in [0.25, 0.3) is 0 Å². The molecule has 0 aliphatic heterocycles. The second-order valence-corrected chi connectivity index (χ2v) is 9.55. The number of thiophene rings is 2. The van der Waals surface area contributed by atoms with Crippen LogP contribution in [0.15, 0.2) is 37.6 Å². The maximum atomic E-state index is 11.9. The predicted octanol–water partition coefficient (Wildman–Crippen LogP) is 2.56. The summed E-state index contributed by atoms with van der Waals surface area (Å²) < 4.78 is 27.2. The summed E-state index contributed by atoms with van der Waals surface area (Å²) in [6.45, 7) is 0.551. The summed E-state index contributed by atoms with van der Waals surface area (Å²) >= 11 is 5.91. The number of amides is 1. The predicted molar refractivity (Wildman–Crippen MR) is 88.0 cm³/mol. The van der Waals surface area contributed by atoms with E-state index in [0.29, 0.717) is 6.54 Å². The number of carbonyl (C=O) groups is 1. The Kier molecular flexibility index (Phi) is 5.94. The fraction of sp³-hybridized carbons (Fsp3) is 0.250. The van der Waals surface area contributed by atoms with E-state index in [0.717, 1.165) is 20.0 Å². The van der Waals surface area contributed by atoms with Crippen molar-refractivity contribution >= 4 is 54.5 Å². The molecule has 0 unspecified atom stereocenters. The summed E-state index contributed by atoms with van der Waals surface area (Å²) in [4.78, 5) is 12.7. The maximum absolute atomic E-state index is 11.9. The first kappa shape index (κ1) is 16.6. The molecular formula is C12H13BrN2O3S3. The van der Waals surface area contributed by atoms with E-state index in [4.69, 9.17) is 0 Å². The average molecular weight is 409 g/mol. The Morgan fingerprint density at radius 1 is 1.29 bits per heavy atom. The van der Waals surface area contributed by atoms with Gasteiger partial charge in [0.05, 0.1) is 10.3 Å². The lowest BCUT2D eigenvalue weighted by atomic mass is 10.4. The van der Waals surface area contributed by atoms with Gasteiger partial charge in [-0.3, -0.25) is 4.79 Å². The standard InChI is InChI=1S/C12H13BrN2O3S3/c13-10-3-4-12(20-10)21(17,18)15-6-5-11(16)14-8-9-2-1-7-19-9/h1-4,7,15H,5-6,8H2,(H,14,16). The van der Waals surface area contributed by atoms with Crippen molar-refractivity contribution in [1.29, 1.82) is 0 Å². The molecule has 21 heavy (non-hydrogen) atoms. The first-order valence-corrected chi connectivity index (χ1v) is 9.99. The Balaban J connectivity index is 1.74. The molecule has 5 nitrogen and oxygen atoms in total. The lowest BCUT2D eigenvalue weighted by Crippen LogP contribution is -2.30. The number of sulfonamides is 1. The molecule has 0 saturated carbocycles. The minimum absolute atomic E-state index is 0.0775. The Labute approximate surface area is 139 Å². The van der Waals surface area contributed by atoms with Crippen molar-refractivity contribution in [3.63, 3.8) is 0 Å². The summed E-state index contributed by atoms with van der Waals surface area (Å²) in [5.74, 6) is -0.182. The lowest BCUT2D eigenvalue weighted by molar-refractivity contribution is -0.121. The number of halogens is 1. The maximum Gasteiger partial charge on any atom is 0.250 e. The molecular weight excluding hydrogens is 396 g/mol. The molecule has 0 bridgehead atoms. The van der Waals surface area contributed by atoms with Crippen molar-refractivity contribution in [3.8, 4) is 0 Å². The Morgan fingerprint density at radius 3 is 2.71 bits per heavy atom. The van der Waals surface area contributed by atoms with Crippen LogP contribution in [0.5, 0.6) is 0 Å². The number of carbonyl (C=O) groups excluding carboxylic acids is 1. The van der Waals surface area contributed by atoms with Crippen molar-refractivity contribution in [2.24, 2.45) is 0 Å². The quantitative estimate of drug-likeness (QED) is 0.738. The molecule has 0 aromatic carbocycles. The van der Waals surface area contributed by atoms with Gasteiger partial charge in [-0.2, -0.15) is 0 Å². The first-order valence-electron chi connectivity index (χ1n) is 6.01. The lowest BCUT2D eigenvalue weighted by Gasteiger charge is -2.05. The molecule has 0 aliphatic rings. The third-order valence-electron chi connectivity index (χ3n) is 2.50. The van der Waals surface area contributed by atoms with Gasteiger partial charge in [-0.15, -0.1) is 22.7 Å². The van der Waals surface area contributed by atoms with E-state index in [1.54, 1.807) is 17.4 Å². The zero-order chi connectivity index (χ0) is 15.3. The number of rotatable bonds is 7. The minimum atomic E-state index is -3.53. The highest BCUT2D eigenvalue weighted by atomic mass is 79.9. The normalized spacial score (nSPS) is 11.5. The highest BCUT2D eigenvalue weighted by Gasteiger charge is 2.16. The van der Waals surface area contributed by atoms with E-state index in [1.165, 1.54) is 6.07 Å². The number of hydrogen-bond acceptors (Lipinski definition) is 5. The van der Waals surface area contributed by atoms with Gasteiger partial charge in [-0.05, 0) is 39.5 Å². The Hall–Kier alpha value is -0.740. The molecule has 0 atom stereocenters. The topological polar surface area (TPSA) is 75.3 Å². The van der Waals surface area contributed by atoms with Crippen LogP contribution in [0, 0.1) is 0 Å². The third kappa shape index (κ3) is 5.19. The van der Waals surface area contributed by atoms with Crippen LogP contribution in [-0.4, -0.2) is 20.9 Å². The van der Waals surface area contributed by atoms with Gasteiger partial charge in [0.2, 0.25) is 15.9 Å². The molecule has 2 rings (SSSR count). The number of nitrogens with one attached hydrogen (secondary N) is 2. The summed E-state index contributed by atoms with van der Waals surface area (Å²) in [6.07, 6.45) is 0.108. The van der Waals surface area contributed by atoms with Crippen molar-refractivity contribution in [3.05, 3.63) is 38.3 Å². The van der Waals surface area contributed by atoms with Gasteiger partial charge in [0.25, 0.3) is 0 Å². The van der Waals surface area contributed by atoms with E-state index in [9.17, 15) is 13.2 Å². The van der Waals surface area contributed by atoms with Crippen LogP contribution in [0.3, 0.4) is 0 Å². The molecule has 0 aliphatic carbocycles. The molecule has 2 N–H and O–H groups in total. The number of hydrogen-bond donors (Lipinski definition) is 2. The average Bonchev–Trinajstić information content (AvgIpc) is 3.07. The van der Waals surface area contributed by atoms with Gasteiger partial charge in [-0.1, -0.05) is 6.07 Å². The Morgan fingerprint density at radius 2 is 2.10 bits per heavy atom. The fourth-order valence-electron chi connectivity index (χ4n) is 1.50. The first-order chi connectivity index (χ1) is 9.97. The molecule has 2 aromatic heterocycles. The fourth-order valence-corrected chi connectivity index (χ4v) is 5.23. The van der Waals surface area contributed by atoms with E-state index in [2.05, 4.69) is 26.0 Å². The molecule has 0 radical (unpaired) electrons. The summed E-state index contributed by atoms with van der Waals surface area (Å²) in [7, 11) is -3.53. The smallest absolute Gasteiger partial charge is 0.250 e. The van der Waals surface area contributed by atoms with Crippen LogP contribution >= 0.6 is 38.6 Å². The molecule has 0 fully saturated rings. The second kappa shape index (κ2) is 7.50. The van der Waals surface area contributed by atoms with Gasteiger partial charge in [0.1, 0.15) is 4.21 Å². The van der Waals surface area contributed by atoms with Crippen LogP contribution in [0.4, 0.5) is 0 Å². The largest absolute Gasteiger partial charge is 0.351 e. The van der Waals surface area contributed by atoms with Crippen molar-refractivity contribution in [1.82, 2.24) is 10.0 Å². The second-order valence-electron chi connectivity index (χ2n) is 4.06. The Bertz CT molecular complexity index is 695.